The minimum Gasteiger partial charge on any atom is -0.295 e. The molecule has 0 amide bonds. The summed E-state index contributed by atoms with van der Waals surface area (Å²) in [6.07, 6.45) is 3.64. The van der Waals surface area contributed by atoms with Crippen molar-refractivity contribution in [3.05, 3.63) is 133 Å². The van der Waals surface area contributed by atoms with Crippen LogP contribution in [0, 0.1) is 12.1 Å². The zero-order chi connectivity index (χ0) is 22.7. The first-order valence-electron chi connectivity index (χ1n) is 11.1. The number of pyridine rings is 2. The Balaban J connectivity index is 0.00000274. The molecule has 2 nitrogen and oxygen atoms in total. The Hall–Kier alpha value is -3.35. The molecule has 0 fully saturated rings. The summed E-state index contributed by atoms with van der Waals surface area (Å²) in [4.78, 5) is 8.98. The average molecular weight is 620 g/mol. The summed E-state index contributed by atoms with van der Waals surface area (Å²) >= 11 is 0. The van der Waals surface area contributed by atoms with Crippen LogP contribution in [0.4, 0.5) is 0 Å². The van der Waals surface area contributed by atoms with E-state index in [1.807, 2.05) is 54.9 Å². The molecule has 0 bridgehead atoms. The fourth-order valence-corrected chi connectivity index (χ4v) is 4.04. The number of nitrogens with zero attached hydrogens (tertiary/aromatic N) is 2. The van der Waals surface area contributed by atoms with Crippen LogP contribution in [0.15, 0.2) is 109 Å². The van der Waals surface area contributed by atoms with E-state index in [0.717, 1.165) is 39.2 Å². The molecular weight excluding hydrogens is 595 g/mol. The number of benzene rings is 3. The summed E-state index contributed by atoms with van der Waals surface area (Å²) in [6, 6.07) is 40.3. The van der Waals surface area contributed by atoms with E-state index < -0.39 is 0 Å². The zero-order valence-electron chi connectivity index (χ0n) is 19.1. The first-order valence-corrected chi connectivity index (χ1v) is 11.1. The van der Waals surface area contributed by atoms with Gasteiger partial charge in [0.15, 0.2) is 0 Å². The molecule has 2 heterocycles. The zero-order valence-corrected chi connectivity index (χ0v) is 21.4. The normalized spacial score (nSPS) is 11.0. The van der Waals surface area contributed by atoms with Gasteiger partial charge in [0.1, 0.15) is 0 Å². The molecule has 0 atom stereocenters. The van der Waals surface area contributed by atoms with E-state index in [9.17, 15) is 0 Å². The molecule has 0 aliphatic rings. The Labute approximate surface area is 216 Å². The van der Waals surface area contributed by atoms with Gasteiger partial charge in [-0.2, -0.15) is 35.9 Å². The summed E-state index contributed by atoms with van der Waals surface area (Å²) in [6.45, 7) is 4.49. The summed E-state index contributed by atoms with van der Waals surface area (Å²) in [7, 11) is 0. The predicted octanol–water partition coefficient (Wildman–Crippen LogP) is 7.40. The van der Waals surface area contributed by atoms with Crippen LogP contribution >= 0.6 is 0 Å². The molecule has 34 heavy (non-hydrogen) atoms. The molecule has 168 valence electrons. The van der Waals surface area contributed by atoms with Crippen molar-refractivity contribution in [2.45, 2.75) is 19.3 Å². The van der Waals surface area contributed by atoms with Crippen LogP contribution in [-0.4, -0.2) is 9.97 Å². The van der Waals surface area contributed by atoms with Crippen molar-refractivity contribution < 1.29 is 21.1 Å². The van der Waals surface area contributed by atoms with Crippen LogP contribution in [0.5, 0.6) is 0 Å². The molecule has 3 heteroatoms. The maximum absolute atomic E-state index is 4.51. The van der Waals surface area contributed by atoms with Gasteiger partial charge in [0.2, 0.25) is 0 Å². The minimum absolute atomic E-state index is 0. The van der Waals surface area contributed by atoms with Gasteiger partial charge >= 0.3 is 21.1 Å². The quantitative estimate of drug-likeness (QED) is 0.192. The van der Waals surface area contributed by atoms with Crippen molar-refractivity contribution >= 4 is 0 Å². The van der Waals surface area contributed by atoms with Crippen LogP contribution in [0.1, 0.15) is 25.0 Å². The molecular formula is C31H24N2Pt. The topological polar surface area (TPSA) is 25.8 Å². The molecule has 0 N–H and O–H groups in total. The average Bonchev–Trinajstić information content (AvgIpc) is 2.90. The SMILES string of the molecule is CC(C)(c1[c-]c(-c2[c-]c(-c3ccccn3)ccc2)ccc1)c1cccc(-c2ccccn2)c1.[Pt+2]. The molecule has 5 rings (SSSR count). The number of rotatable bonds is 5. The Morgan fingerprint density at radius 2 is 1.21 bits per heavy atom. The van der Waals surface area contributed by atoms with Crippen molar-refractivity contribution in [1.29, 1.82) is 0 Å². The van der Waals surface area contributed by atoms with Gasteiger partial charge in [-0.3, -0.25) is 9.97 Å². The number of hydrogen-bond donors (Lipinski definition) is 0. The third-order valence-electron chi connectivity index (χ3n) is 6.04. The second-order valence-corrected chi connectivity index (χ2v) is 8.59. The molecule has 3 aromatic carbocycles. The molecule has 0 radical (unpaired) electrons. The molecule has 0 saturated heterocycles. The predicted molar refractivity (Wildman–Crippen MR) is 135 cm³/mol. The number of aromatic nitrogens is 2. The van der Waals surface area contributed by atoms with E-state index in [-0.39, 0.29) is 26.5 Å². The van der Waals surface area contributed by atoms with Crippen LogP contribution in [0.25, 0.3) is 33.6 Å². The second kappa shape index (κ2) is 10.3. The van der Waals surface area contributed by atoms with Gasteiger partial charge in [0.05, 0.1) is 5.69 Å². The molecule has 0 saturated carbocycles. The maximum Gasteiger partial charge on any atom is 2.00 e. The van der Waals surface area contributed by atoms with Gasteiger partial charge in [-0.25, -0.2) is 5.56 Å². The molecule has 0 aliphatic carbocycles. The summed E-state index contributed by atoms with van der Waals surface area (Å²) in [5.41, 5.74) is 8.18. The molecule has 0 unspecified atom stereocenters. The van der Waals surface area contributed by atoms with Crippen LogP contribution in [-0.2, 0) is 26.5 Å². The van der Waals surface area contributed by atoms with Gasteiger partial charge in [-0.1, -0.05) is 50.2 Å². The van der Waals surface area contributed by atoms with Crippen molar-refractivity contribution in [3.8, 4) is 33.6 Å². The van der Waals surface area contributed by atoms with E-state index in [1.165, 1.54) is 5.56 Å². The fourth-order valence-electron chi connectivity index (χ4n) is 4.04. The Kier molecular flexibility index (Phi) is 7.20. The van der Waals surface area contributed by atoms with Crippen molar-refractivity contribution in [3.63, 3.8) is 0 Å². The molecule has 0 aliphatic heterocycles. The van der Waals surface area contributed by atoms with Gasteiger partial charge < -0.3 is 0 Å². The van der Waals surface area contributed by atoms with Crippen LogP contribution < -0.4 is 0 Å². The monoisotopic (exact) mass is 619 g/mol. The van der Waals surface area contributed by atoms with E-state index in [1.54, 1.807) is 0 Å². The summed E-state index contributed by atoms with van der Waals surface area (Å²) in [5, 5.41) is 0. The Morgan fingerprint density at radius 3 is 1.91 bits per heavy atom. The van der Waals surface area contributed by atoms with Gasteiger partial charge in [-0.15, -0.1) is 29.3 Å². The minimum atomic E-state index is -0.223. The third kappa shape index (κ3) is 4.93. The second-order valence-electron chi connectivity index (χ2n) is 8.59. The Morgan fingerprint density at radius 1 is 0.588 bits per heavy atom. The van der Waals surface area contributed by atoms with Crippen LogP contribution in [0.2, 0.25) is 0 Å². The maximum atomic E-state index is 4.51. The van der Waals surface area contributed by atoms with Crippen LogP contribution in [0.3, 0.4) is 0 Å². The standard InChI is InChI=1S/C31H24N2.Pt/c1-31(2,28-15-9-13-26(22-28)30-17-4-6-19-33-30)27-14-8-11-24(21-27)23-10-7-12-25(20-23)29-16-3-5-18-32-29;/h3-19,22H,1-2H3;/q-2;+2. The fraction of sp³-hybridized carbons (Fsp3) is 0.0968. The summed E-state index contributed by atoms with van der Waals surface area (Å²) in [5.74, 6) is 0. The summed E-state index contributed by atoms with van der Waals surface area (Å²) < 4.78 is 0. The van der Waals surface area contributed by atoms with Gasteiger partial charge in [-0.05, 0) is 35.2 Å². The molecule has 0 spiro atoms. The Bertz CT molecular complexity index is 1380. The van der Waals surface area contributed by atoms with Gasteiger partial charge in [0, 0.05) is 23.7 Å². The first kappa shape index (κ1) is 23.8. The van der Waals surface area contributed by atoms with E-state index in [0.29, 0.717) is 0 Å². The van der Waals surface area contributed by atoms with E-state index in [2.05, 4.69) is 90.5 Å². The van der Waals surface area contributed by atoms with E-state index in [4.69, 9.17) is 0 Å². The van der Waals surface area contributed by atoms with Crippen molar-refractivity contribution in [2.24, 2.45) is 0 Å². The van der Waals surface area contributed by atoms with Crippen molar-refractivity contribution in [2.75, 3.05) is 0 Å². The number of hydrogen-bond acceptors (Lipinski definition) is 2. The smallest absolute Gasteiger partial charge is 0.295 e. The molecule has 2 aromatic heterocycles. The third-order valence-corrected chi connectivity index (χ3v) is 6.04. The first-order chi connectivity index (χ1) is 16.1. The largest absolute Gasteiger partial charge is 2.00 e. The van der Waals surface area contributed by atoms with E-state index >= 15 is 0 Å². The molecule has 5 aromatic rings. The van der Waals surface area contributed by atoms with Crippen molar-refractivity contribution in [1.82, 2.24) is 9.97 Å². The van der Waals surface area contributed by atoms with Gasteiger partial charge in [0.25, 0.3) is 0 Å².